The van der Waals surface area contributed by atoms with Crippen molar-refractivity contribution in [1.82, 2.24) is 14.5 Å². The van der Waals surface area contributed by atoms with Crippen molar-refractivity contribution in [1.29, 1.82) is 0 Å². The lowest BCUT2D eigenvalue weighted by molar-refractivity contribution is 0.0796. The molecule has 1 amide bonds. The van der Waals surface area contributed by atoms with Gasteiger partial charge in [-0.25, -0.2) is 13.4 Å². The molecule has 1 saturated heterocycles. The number of nitrogens with one attached hydrogen (secondary N) is 1. The molecule has 1 aromatic carbocycles. The Labute approximate surface area is 185 Å². The molecule has 8 nitrogen and oxygen atoms in total. The van der Waals surface area contributed by atoms with Gasteiger partial charge in [-0.15, -0.1) is 11.3 Å². The first-order valence-corrected chi connectivity index (χ1v) is 12.2. The van der Waals surface area contributed by atoms with Gasteiger partial charge < -0.3 is 14.2 Å². The number of nitrogens with zero attached hydrogens (tertiary/aromatic N) is 3. The summed E-state index contributed by atoms with van der Waals surface area (Å²) in [4.78, 5) is 19.9. The van der Waals surface area contributed by atoms with Crippen LogP contribution in [0.2, 0.25) is 0 Å². The van der Waals surface area contributed by atoms with Gasteiger partial charge in [0.25, 0.3) is 15.9 Å². The van der Waals surface area contributed by atoms with Crippen LogP contribution in [0.5, 0.6) is 5.75 Å². The van der Waals surface area contributed by atoms with Crippen LogP contribution in [0, 0.1) is 6.92 Å². The minimum Gasteiger partial charge on any atom is -0.497 e. The molecule has 0 spiro atoms. The Balaban J connectivity index is 1.61. The van der Waals surface area contributed by atoms with Crippen molar-refractivity contribution in [3.8, 4) is 16.5 Å². The Kier molecular flexibility index (Phi) is 5.76. The maximum atomic E-state index is 12.9. The fourth-order valence-electron chi connectivity index (χ4n) is 3.56. The van der Waals surface area contributed by atoms with Crippen LogP contribution in [0.4, 0.5) is 5.69 Å². The molecule has 31 heavy (non-hydrogen) atoms. The van der Waals surface area contributed by atoms with E-state index in [0.717, 1.165) is 25.9 Å². The predicted molar refractivity (Wildman–Crippen MR) is 120 cm³/mol. The van der Waals surface area contributed by atoms with Crippen molar-refractivity contribution >= 4 is 33.0 Å². The van der Waals surface area contributed by atoms with Crippen molar-refractivity contribution in [2.45, 2.75) is 24.7 Å². The van der Waals surface area contributed by atoms with Gasteiger partial charge in [0.15, 0.2) is 0 Å². The molecule has 0 saturated carbocycles. The molecule has 0 unspecified atom stereocenters. The number of benzene rings is 1. The Hall–Kier alpha value is -2.85. The average Bonchev–Trinajstić information content (AvgIpc) is 3.47. The molecule has 2 aromatic heterocycles. The van der Waals surface area contributed by atoms with E-state index in [4.69, 9.17) is 4.74 Å². The molecule has 3 aromatic rings. The molecule has 0 radical (unpaired) electrons. The predicted octanol–water partition coefficient (Wildman–Crippen LogP) is 3.50. The van der Waals surface area contributed by atoms with Crippen LogP contribution in [-0.4, -0.2) is 49.0 Å². The van der Waals surface area contributed by atoms with E-state index in [0.29, 0.717) is 32.7 Å². The van der Waals surface area contributed by atoms with E-state index in [-0.39, 0.29) is 10.8 Å². The quantitative estimate of drug-likeness (QED) is 0.608. The third-order valence-corrected chi connectivity index (χ3v) is 7.73. The molecule has 3 heterocycles. The summed E-state index contributed by atoms with van der Waals surface area (Å²) in [6.45, 7) is 3.36. The number of aryl methyl sites for hydroxylation is 2. The van der Waals surface area contributed by atoms with E-state index < -0.39 is 10.0 Å². The Morgan fingerprint density at radius 2 is 1.97 bits per heavy atom. The number of hydrogen-bond acceptors (Lipinski definition) is 6. The molecule has 164 valence electrons. The van der Waals surface area contributed by atoms with Gasteiger partial charge in [0, 0.05) is 32.4 Å². The molecule has 0 atom stereocenters. The first kappa shape index (κ1) is 21.4. The minimum atomic E-state index is -3.81. The highest BCUT2D eigenvalue weighted by Gasteiger charge is 2.26. The fraction of sp³-hybridized carbons (Fsp3) is 0.333. The zero-order valence-corrected chi connectivity index (χ0v) is 19.2. The number of aromatic nitrogens is 2. The second-order valence-corrected chi connectivity index (χ2v) is 10.1. The maximum absolute atomic E-state index is 12.9. The standard InChI is InChI=1S/C21H24N4O4S2/c1-14-19(21(26)25-9-4-5-10-25)30-20(22-14)18-12-17(13-24(18)2)31(27,28)23-15-7-6-8-16(11-15)29-3/h6-8,11-13,23H,4-5,9-10H2,1-3H3. The highest BCUT2D eigenvalue weighted by atomic mass is 32.2. The third-order valence-electron chi connectivity index (χ3n) is 5.22. The lowest BCUT2D eigenvalue weighted by Crippen LogP contribution is -2.27. The molecule has 0 bridgehead atoms. The SMILES string of the molecule is COc1cccc(NS(=O)(=O)c2cc(-c3nc(C)c(C(=O)N4CCCC4)s3)n(C)c2)c1. The average molecular weight is 461 g/mol. The van der Waals surface area contributed by atoms with Crippen molar-refractivity contribution in [3.05, 3.63) is 47.1 Å². The summed E-state index contributed by atoms with van der Waals surface area (Å²) in [5.41, 5.74) is 1.71. The smallest absolute Gasteiger partial charge is 0.265 e. The summed E-state index contributed by atoms with van der Waals surface area (Å²) in [6, 6.07) is 8.30. The highest BCUT2D eigenvalue weighted by Crippen LogP contribution is 2.32. The van der Waals surface area contributed by atoms with Crippen molar-refractivity contribution in [2.24, 2.45) is 7.05 Å². The van der Waals surface area contributed by atoms with E-state index in [2.05, 4.69) is 9.71 Å². The van der Waals surface area contributed by atoms with Crippen LogP contribution in [0.1, 0.15) is 28.2 Å². The van der Waals surface area contributed by atoms with Gasteiger partial charge in [-0.1, -0.05) is 6.07 Å². The lowest BCUT2D eigenvalue weighted by atomic mass is 10.3. The van der Waals surface area contributed by atoms with Crippen molar-refractivity contribution in [3.63, 3.8) is 0 Å². The van der Waals surface area contributed by atoms with E-state index in [1.54, 1.807) is 41.9 Å². The van der Waals surface area contributed by atoms with Gasteiger partial charge in [-0.05, 0) is 38.0 Å². The summed E-state index contributed by atoms with van der Waals surface area (Å²) >= 11 is 1.30. The molecular formula is C21H24N4O4S2. The molecule has 1 aliphatic heterocycles. The van der Waals surface area contributed by atoms with Gasteiger partial charge in [-0.3, -0.25) is 9.52 Å². The maximum Gasteiger partial charge on any atom is 0.265 e. The lowest BCUT2D eigenvalue weighted by Gasteiger charge is -2.13. The number of methoxy groups -OCH3 is 1. The number of thiazole rings is 1. The van der Waals surface area contributed by atoms with Gasteiger partial charge in [-0.2, -0.15) is 0 Å². The Morgan fingerprint density at radius 3 is 2.68 bits per heavy atom. The first-order chi connectivity index (χ1) is 14.8. The number of ether oxygens (including phenoxy) is 1. The number of amides is 1. The van der Waals surface area contributed by atoms with Gasteiger partial charge >= 0.3 is 0 Å². The van der Waals surface area contributed by atoms with E-state index in [1.807, 2.05) is 11.8 Å². The number of carbonyl (C=O) groups excluding carboxylic acids is 1. The third kappa shape index (κ3) is 4.31. The second-order valence-electron chi connectivity index (χ2n) is 7.44. The number of sulfonamides is 1. The van der Waals surface area contributed by atoms with Crippen LogP contribution >= 0.6 is 11.3 Å². The number of hydrogen-bond donors (Lipinski definition) is 1. The largest absolute Gasteiger partial charge is 0.497 e. The zero-order chi connectivity index (χ0) is 22.2. The van der Waals surface area contributed by atoms with Crippen molar-refractivity contribution in [2.75, 3.05) is 24.9 Å². The molecule has 1 fully saturated rings. The van der Waals surface area contributed by atoms with Crippen LogP contribution in [0.3, 0.4) is 0 Å². The Bertz CT molecular complexity index is 1220. The van der Waals surface area contributed by atoms with Crippen LogP contribution < -0.4 is 9.46 Å². The second kappa shape index (κ2) is 8.35. The highest BCUT2D eigenvalue weighted by molar-refractivity contribution is 7.92. The molecule has 10 heteroatoms. The van der Waals surface area contributed by atoms with Crippen LogP contribution in [0.15, 0.2) is 41.4 Å². The van der Waals surface area contributed by atoms with Gasteiger partial charge in [0.1, 0.15) is 20.5 Å². The summed E-state index contributed by atoms with van der Waals surface area (Å²) in [6.07, 6.45) is 3.59. The molecule has 0 aliphatic carbocycles. The monoisotopic (exact) mass is 460 g/mol. The van der Waals surface area contributed by atoms with Crippen LogP contribution in [-0.2, 0) is 17.1 Å². The summed E-state index contributed by atoms with van der Waals surface area (Å²) < 4.78 is 35.3. The van der Waals surface area contributed by atoms with Gasteiger partial charge in [0.05, 0.1) is 24.2 Å². The number of likely N-dealkylation sites (tertiary alicyclic amines) is 1. The summed E-state index contributed by atoms with van der Waals surface area (Å²) in [5.74, 6) is 0.558. The summed E-state index contributed by atoms with van der Waals surface area (Å²) in [7, 11) is -0.519. The van der Waals surface area contributed by atoms with Crippen LogP contribution in [0.25, 0.3) is 10.7 Å². The van der Waals surface area contributed by atoms with E-state index in [1.165, 1.54) is 24.6 Å². The normalized spacial score (nSPS) is 14.1. The van der Waals surface area contributed by atoms with E-state index in [9.17, 15) is 13.2 Å². The fourth-order valence-corrected chi connectivity index (χ4v) is 5.77. The zero-order valence-electron chi connectivity index (χ0n) is 17.6. The number of rotatable bonds is 6. The first-order valence-electron chi connectivity index (χ1n) is 9.89. The molecule has 1 N–H and O–H groups in total. The van der Waals surface area contributed by atoms with Crippen molar-refractivity contribution < 1.29 is 17.9 Å². The van der Waals surface area contributed by atoms with Gasteiger partial charge in [0.2, 0.25) is 0 Å². The minimum absolute atomic E-state index is 0.000459. The number of anilines is 1. The Morgan fingerprint density at radius 1 is 1.23 bits per heavy atom. The molecule has 4 rings (SSSR count). The number of carbonyl (C=O) groups is 1. The van der Waals surface area contributed by atoms with E-state index >= 15 is 0 Å². The topological polar surface area (TPSA) is 93.5 Å². The molecular weight excluding hydrogens is 436 g/mol. The summed E-state index contributed by atoms with van der Waals surface area (Å²) in [5, 5.41) is 0.616. The molecule has 1 aliphatic rings.